The largest absolute Gasteiger partial charge is 0.454 e. The molecule has 8 atom stereocenters. The van der Waals surface area contributed by atoms with Gasteiger partial charge in [-0.15, -0.1) is 0 Å². The first kappa shape index (κ1) is 75.4. The van der Waals surface area contributed by atoms with Gasteiger partial charge in [-0.2, -0.15) is 0 Å². The molecule has 1 amide bonds. The quantitative estimate of drug-likeness (QED) is 0.0195. The number of aliphatic hydroxyl groups is 5. The van der Waals surface area contributed by atoms with E-state index in [0.717, 1.165) is 57.8 Å². The SMILES string of the molecule is CCCCCCCCCCC/C=C/C(O)C(COC1OC(CO)C(O)C(O)C1OC(=O)CCCCCCCCCCCCCCCCCCCCCCC)NC(=O)C(O)CCCCCCCCCCCCCCCCCCCC. The molecule has 6 N–H and O–H groups in total. The summed E-state index contributed by atoms with van der Waals surface area (Å²) in [6, 6.07) is -1.02. The lowest BCUT2D eigenvalue weighted by atomic mass is 9.99. The normalized spacial score (nSPS) is 18.8. The summed E-state index contributed by atoms with van der Waals surface area (Å²) in [5.41, 5.74) is 0. The Morgan fingerprint density at radius 1 is 0.481 bits per heavy atom. The van der Waals surface area contributed by atoms with E-state index in [2.05, 4.69) is 26.1 Å². The van der Waals surface area contributed by atoms with Crippen LogP contribution in [-0.2, 0) is 23.8 Å². The third kappa shape index (κ3) is 44.6. The highest BCUT2D eigenvalue weighted by Crippen LogP contribution is 2.26. The van der Waals surface area contributed by atoms with Crippen LogP contribution < -0.4 is 5.32 Å². The van der Waals surface area contributed by atoms with Crippen molar-refractivity contribution in [2.45, 2.75) is 397 Å². The van der Waals surface area contributed by atoms with Gasteiger partial charge in [0.2, 0.25) is 5.91 Å². The van der Waals surface area contributed by atoms with Crippen LogP contribution in [0.1, 0.15) is 348 Å². The Morgan fingerprint density at radius 2 is 0.823 bits per heavy atom. The van der Waals surface area contributed by atoms with E-state index in [9.17, 15) is 35.1 Å². The number of rotatable bonds is 60. The van der Waals surface area contributed by atoms with E-state index >= 15 is 0 Å². The van der Waals surface area contributed by atoms with Crippen molar-refractivity contribution in [2.24, 2.45) is 0 Å². The molecule has 0 radical (unpaired) electrons. The van der Waals surface area contributed by atoms with E-state index in [1.807, 2.05) is 6.08 Å². The van der Waals surface area contributed by atoms with E-state index < -0.39 is 67.4 Å². The van der Waals surface area contributed by atoms with Gasteiger partial charge in [0.25, 0.3) is 0 Å². The number of carbonyl (C=O) groups excluding carboxylic acids is 2. The molecule has 11 heteroatoms. The molecule has 1 saturated heterocycles. The fourth-order valence-electron chi connectivity index (χ4n) is 11.2. The van der Waals surface area contributed by atoms with Crippen LogP contribution in [-0.4, -0.2) is 99.6 Å². The molecule has 0 aromatic heterocycles. The number of hydrogen-bond acceptors (Lipinski definition) is 10. The predicted octanol–water partition coefficient (Wildman–Crippen LogP) is 17.1. The van der Waals surface area contributed by atoms with Gasteiger partial charge in [0.1, 0.15) is 24.4 Å². The summed E-state index contributed by atoms with van der Waals surface area (Å²) in [6.07, 6.45) is 55.4. The number of allylic oxidation sites excluding steroid dienone is 1. The maximum atomic E-state index is 13.4. The van der Waals surface area contributed by atoms with E-state index in [4.69, 9.17) is 14.2 Å². The highest BCUT2D eigenvalue weighted by atomic mass is 16.7. The van der Waals surface area contributed by atoms with Crippen LogP contribution in [0.5, 0.6) is 0 Å². The second-order valence-electron chi connectivity index (χ2n) is 24.3. The van der Waals surface area contributed by atoms with Gasteiger partial charge in [-0.25, -0.2) is 0 Å². The number of hydrogen-bond donors (Lipinski definition) is 6. The van der Waals surface area contributed by atoms with Crippen molar-refractivity contribution in [3.8, 4) is 0 Å². The smallest absolute Gasteiger partial charge is 0.306 e. The van der Waals surface area contributed by atoms with Crippen LogP contribution in [0.15, 0.2) is 12.2 Å². The molecule has 1 rings (SSSR count). The van der Waals surface area contributed by atoms with Crippen molar-refractivity contribution in [3.05, 3.63) is 12.2 Å². The standard InChI is InChI=1S/C68H131NO10/c1-4-7-10-13-16-19-22-24-26-28-30-31-32-34-36-38-41-44-47-50-53-56-63(73)79-66-65(75)64(74)62(57-70)78-68(66)77-58-59(60(71)54-51-48-45-42-39-21-18-15-12-9-6-3)69-67(76)61(72)55-52-49-46-43-40-37-35-33-29-27-25-23-20-17-14-11-8-5-2/h51,54,59-62,64-66,68,70-72,74-75H,4-50,52-53,55-58H2,1-3H3,(H,69,76)/b54-51+. The van der Waals surface area contributed by atoms with Crippen LogP contribution in [0, 0.1) is 0 Å². The molecular weight excluding hydrogens is 991 g/mol. The Hall–Kier alpha value is -1.60. The first-order chi connectivity index (χ1) is 38.7. The number of unbranched alkanes of at least 4 members (excludes halogenated alkanes) is 46. The fraction of sp³-hybridized carbons (Fsp3) is 0.941. The van der Waals surface area contributed by atoms with Crippen molar-refractivity contribution < 1.29 is 49.3 Å². The number of carbonyl (C=O) groups is 2. The first-order valence-electron chi connectivity index (χ1n) is 34.5. The van der Waals surface area contributed by atoms with Gasteiger partial charge in [-0.05, 0) is 25.7 Å². The summed E-state index contributed by atoms with van der Waals surface area (Å²) in [5.74, 6) is -1.17. The van der Waals surface area contributed by atoms with Crippen molar-refractivity contribution in [1.82, 2.24) is 5.32 Å². The number of aliphatic hydroxyl groups excluding tert-OH is 5. The molecule has 0 aromatic rings. The molecule has 1 aliphatic heterocycles. The van der Waals surface area contributed by atoms with E-state index in [0.29, 0.717) is 19.3 Å². The zero-order valence-corrected chi connectivity index (χ0v) is 52.0. The molecule has 0 spiro atoms. The molecule has 1 heterocycles. The topological polar surface area (TPSA) is 175 Å². The second-order valence-corrected chi connectivity index (χ2v) is 24.3. The molecule has 1 aliphatic rings. The molecule has 79 heavy (non-hydrogen) atoms. The van der Waals surface area contributed by atoms with Crippen LogP contribution >= 0.6 is 0 Å². The number of amides is 1. The van der Waals surface area contributed by atoms with Crippen LogP contribution in [0.25, 0.3) is 0 Å². The zero-order valence-electron chi connectivity index (χ0n) is 52.0. The van der Waals surface area contributed by atoms with Crippen LogP contribution in [0.2, 0.25) is 0 Å². The van der Waals surface area contributed by atoms with E-state index in [1.54, 1.807) is 6.08 Å². The minimum Gasteiger partial charge on any atom is -0.454 e. The maximum Gasteiger partial charge on any atom is 0.306 e. The molecule has 11 nitrogen and oxygen atoms in total. The highest BCUT2D eigenvalue weighted by Gasteiger charge is 2.47. The lowest BCUT2D eigenvalue weighted by Gasteiger charge is -2.41. The average molecular weight is 1120 g/mol. The van der Waals surface area contributed by atoms with E-state index in [-0.39, 0.29) is 13.0 Å². The third-order valence-corrected chi connectivity index (χ3v) is 16.7. The van der Waals surface area contributed by atoms with Gasteiger partial charge in [-0.1, -0.05) is 328 Å². The lowest BCUT2D eigenvalue weighted by molar-refractivity contribution is -0.305. The molecule has 0 bridgehead atoms. The Morgan fingerprint density at radius 3 is 1.19 bits per heavy atom. The molecule has 0 aromatic carbocycles. The molecular formula is C68H131NO10. The molecule has 8 unspecified atom stereocenters. The Balaban J connectivity index is 2.57. The Labute approximate surface area is 487 Å². The van der Waals surface area contributed by atoms with Crippen LogP contribution in [0.3, 0.4) is 0 Å². The summed E-state index contributed by atoms with van der Waals surface area (Å²) in [7, 11) is 0. The minimum absolute atomic E-state index is 0.132. The van der Waals surface area contributed by atoms with Crippen LogP contribution in [0.4, 0.5) is 0 Å². The van der Waals surface area contributed by atoms with Gasteiger partial charge in [0.05, 0.1) is 25.4 Å². The average Bonchev–Trinajstić information content (AvgIpc) is 3.51. The minimum atomic E-state index is -1.61. The van der Waals surface area contributed by atoms with Gasteiger partial charge < -0.3 is 45.1 Å². The lowest BCUT2D eigenvalue weighted by Crippen LogP contribution is -2.61. The number of esters is 1. The second kappa shape index (κ2) is 56.9. The monoisotopic (exact) mass is 1120 g/mol. The Kier molecular flexibility index (Phi) is 54.3. The van der Waals surface area contributed by atoms with Gasteiger partial charge in [-0.3, -0.25) is 9.59 Å². The highest BCUT2D eigenvalue weighted by molar-refractivity contribution is 5.80. The Bertz CT molecular complexity index is 1340. The summed E-state index contributed by atoms with van der Waals surface area (Å²) in [6.45, 7) is 5.84. The molecule has 468 valence electrons. The summed E-state index contributed by atoms with van der Waals surface area (Å²) in [4.78, 5) is 26.6. The maximum absolute atomic E-state index is 13.4. The molecule has 0 saturated carbocycles. The third-order valence-electron chi connectivity index (χ3n) is 16.7. The van der Waals surface area contributed by atoms with Crippen molar-refractivity contribution >= 4 is 11.9 Å². The summed E-state index contributed by atoms with van der Waals surface area (Å²) >= 11 is 0. The summed E-state index contributed by atoms with van der Waals surface area (Å²) in [5, 5.41) is 57.1. The fourth-order valence-corrected chi connectivity index (χ4v) is 11.2. The van der Waals surface area contributed by atoms with Gasteiger partial charge in [0, 0.05) is 6.42 Å². The number of ether oxygens (including phenoxy) is 3. The van der Waals surface area contributed by atoms with Crippen molar-refractivity contribution in [3.63, 3.8) is 0 Å². The van der Waals surface area contributed by atoms with Gasteiger partial charge in [0.15, 0.2) is 12.4 Å². The molecule has 0 aliphatic carbocycles. The summed E-state index contributed by atoms with van der Waals surface area (Å²) < 4.78 is 17.7. The van der Waals surface area contributed by atoms with E-state index in [1.165, 1.54) is 244 Å². The molecule has 1 fully saturated rings. The first-order valence-corrected chi connectivity index (χ1v) is 34.5. The predicted molar refractivity (Wildman–Crippen MR) is 329 cm³/mol. The van der Waals surface area contributed by atoms with Crippen molar-refractivity contribution in [1.29, 1.82) is 0 Å². The zero-order chi connectivity index (χ0) is 57.5. The van der Waals surface area contributed by atoms with Crippen molar-refractivity contribution in [2.75, 3.05) is 13.2 Å². The number of nitrogens with one attached hydrogen (secondary N) is 1. The van der Waals surface area contributed by atoms with Gasteiger partial charge >= 0.3 is 5.97 Å².